The van der Waals surface area contributed by atoms with Gasteiger partial charge in [0, 0.05) is 18.0 Å². The highest BCUT2D eigenvalue weighted by Crippen LogP contribution is 2.32. The number of aromatic nitrogens is 2. The molecular weight excluding hydrogens is 420 g/mol. The molecule has 0 atom stereocenters. The predicted molar refractivity (Wildman–Crippen MR) is 107 cm³/mol. The molecule has 0 bridgehead atoms. The lowest BCUT2D eigenvalue weighted by atomic mass is 10.2. The minimum atomic E-state index is -2.98. The minimum Gasteiger partial charge on any atom is -0.490 e. The van der Waals surface area contributed by atoms with Gasteiger partial charge in [0.2, 0.25) is 0 Å². The molecule has 0 spiro atoms. The molecule has 2 aromatic carbocycles. The fourth-order valence-electron chi connectivity index (χ4n) is 2.49. The van der Waals surface area contributed by atoms with Crippen molar-refractivity contribution in [1.82, 2.24) is 9.78 Å². The predicted octanol–water partition coefficient (Wildman–Crippen LogP) is 4.83. The molecule has 1 amide bonds. The molecule has 3 aromatic rings. The number of rotatable bonds is 9. The summed E-state index contributed by atoms with van der Waals surface area (Å²) in [6, 6.07) is 12.6. The van der Waals surface area contributed by atoms with Crippen LogP contribution in [0.4, 0.5) is 14.5 Å². The zero-order chi connectivity index (χ0) is 21.5. The molecule has 0 aliphatic carbocycles. The van der Waals surface area contributed by atoms with Crippen molar-refractivity contribution >= 4 is 23.2 Å². The molecule has 7 nitrogen and oxygen atoms in total. The van der Waals surface area contributed by atoms with Crippen LogP contribution in [-0.2, 0) is 6.73 Å². The first-order chi connectivity index (χ1) is 14.5. The van der Waals surface area contributed by atoms with E-state index in [2.05, 4.69) is 15.2 Å². The summed E-state index contributed by atoms with van der Waals surface area (Å²) in [6.45, 7) is -0.978. The Hall–Kier alpha value is -3.33. The molecule has 0 saturated heterocycles. The fourth-order valence-corrected chi connectivity index (χ4v) is 2.69. The van der Waals surface area contributed by atoms with Crippen LogP contribution in [0.2, 0.25) is 5.02 Å². The smallest absolute Gasteiger partial charge is 0.387 e. The van der Waals surface area contributed by atoms with E-state index in [1.165, 1.54) is 28.9 Å². The van der Waals surface area contributed by atoms with Crippen molar-refractivity contribution in [2.24, 2.45) is 0 Å². The average Bonchev–Trinajstić information content (AvgIpc) is 3.18. The second-order valence-corrected chi connectivity index (χ2v) is 6.28. The lowest BCUT2D eigenvalue weighted by Gasteiger charge is -2.13. The second kappa shape index (κ2) is 9.93. The lowest BCUT2D eigenvalue weighted by molar-refractivity contribution is -0.0514. The van der Waals surface area contributed by atoms with E-state index in [0.717, 1.165) is 0 Å². The number of carbonyl (C=O) groups is 1. The van der Waals surface area contributed by atoms with Gasteiger partial charge in [-0.1, -0.05) is 23.7 Å². The maximum Gasteiger partial charge on any atom is 0.387 e. The maximum atomic E-state index is 12.5. The number of alkyl halides is 2. The number of amides is 1. The number of hydrogen-bond acceptors (Lipinski definition) is 5. The van der Waals surface area contributed by atoms with Gasteiger partial charge in [-0.2, -0.15) is 13.9 Å². The normalized spacial score (nSPS) is 10.7. The van der Waals surface area contributed by atoms with Gasteiger partial charge in [0.05, 0.1) is 11.6 Å². The highest BCUT2D eigenvalue weighted by atomic mass is 35.5. The van der Waals surface area contributed by atoms with Gasteiger partial charge in [0.25, 0.3) is 5.91 Å². The molecule has 0 aliphatic rings. The Kier molecular flexibility index (Phi) is 7.08. The highest BCUT2D eigenvalue weighted by molar-refractivity contribution is 6.32. The van der Waals surface area contributed by atoms with Crippen LogP contribution >= 0.6 is 11.6 Å². The number of benzene rings is 2. The number of carbonyl (C=O) groups excluding carboxylic acids is 1. The van der Waals surface area contributed by atoms with Gasteiger partial charge in [0.15, 0.2) is 23.9 Å². The van der Waals surface area contributed by atoms with Gasteiger partial charge in [-0.15, -0.1) is 0 Å². The topological polar surface area (TPSA) is 74.6 Å². The van der Waals surface area contributed by atoms with Crippen LogP contribution in [0.15, 0.2) is 54.7 Å². The zero-order valence-corrected chi connectivity index (χ0v) is 16.6. The summed E-state index contributed by atoms with van der Waals surface area (Å²) in [5, 5.41) is 7.25. The third kappa shape index (κ3) is 5.60. The Morgan fingerprint density at radius 3 is 2.67 bits per heavy atom. The number of halogens is 3. The lowest BCUT2D eigenvalue weighted by Crippen LogP contribution is -2.14. The second-order valence-electron chi connectivity index (χ2n) is 5.87. The maximum absolute atomic E-state index is 12.5. The first-order valence-electron chi connectivity index (χ1n) is 8.90. The van der Waals surface area contributed by atoms with Gasteiger partial charge in [-0.25, -0.2) is 4.68 Å². The number of hydrogen-bond donors (Lipinski definition) is 1. The molecule has 0 radical (unpaired) electrons. The summed E-state index contributed by atoms with van der Waals surface area (Å²) in [5.74, 6) is -0.0215. The van der Waals surface area contributed by atoms with Gasteiger partial charge in [0.1, 0.15) is 5.75 Å². The number of anilines is 1. The number of para-hydroxylation sites is 1. The van der Waals surface area contributed by atoms with Crippen LogP contribution in [0.25, 0.3) is 0 Å². The molecule has 3 rings (SSSR count). The molecule has 0 saturated carbocycles. The average molecular weight is 438 g/mol. The van der Waals surface area contributed by atoms with Crippen molar-refractivity contribution in [1.29, 1.82) is 0 Å². The summed E-state index contributed by atoms with van der Waals surface area (Å²) in [6.07, 6.45) is 1.58. The standard InChI is InChI=1S/C20H18ClF2N3O4/c1-2-28-18-11-13(7-8-17(18)30-20(22)23)24-19(27)15-9-10-26(25-15)12-29-16-6-4-3-5-14(16)21/h3-11,20H,2,12H2,1H3,(H,24,27). The Bertz CT molecular complexity index is 1010. The van der Waals surface area contributed by atoms with Gasteiger partial charge >= 0.3 is 6.61 Å². The quantitative estimate of drug-likeness (QED) is 0.519. The van der Waals surface area contributed by atoms with Crippen LogP contribution in [0, 0.1) is 0 Å². The van der Waals surface area contributed by atoms with E-state index in [1.54, 1.807) is 37.4 Å². The Morgan fingerprint density at radius 2 is 1.93 bits per heavy atom. The SMILES string of the molecule is CCOc1cc(NC(=O)c2ccn(COc3ccccc3Cl)n2)ccc1OC(F)F. The monoisotopic (exact) mass is 437 g/mol. The Morgan fingerprint density at radius 1 is 1.13 bits per heavy atom. The molecule has 1 N–H and O–H groups in total. The molecule has 158 valence electrons. The highest BCUT2D eigenvalue weighted by Gasteiger charge is 2.15. The molecule has 0 aliphatic heterocycles. The van der Waals surface area contributed by atoms with E-state index in [9.17, 15) is 13.6 Å². The molecule has 1 aromatic heterocycles. The number of ether oxygens (including phenoxy) is 3. The summed E-state index contributed by atoms with van der Waals surface area (Å²) in [5.41, 5.74) is 0.482. The fraction of sp³-hybridized carbons (Fsp3) is 0.200. The summed E-state index contributed by atoms with van der Waals surface area (Å²) in [7, 11) is 0. The van der Waals surface area contributed by atoms with Gasteiger partial charge in [-0.3, -0.25) is 4.79 Å². The van der Waals surface area contributed by atoms with E-state index >= 15 is 0 Å². The van der Waals surface area contributed by atoms with Crippen LogP contribution in [0.5, 0.6) is 17.2 Å². The van der Waals surface area contributed by atoms with Crippen molar-refractivity contribution in [3.8, 4) is 17.2 Å². The summed E-state index contributed by atoms with van der Waals surface area (Å²) >= 11 is 6.03. The largest absolute Gasteiger partial charge is 0.490 e. The Balaban J connectivity index is 1.65. The molecule has 0 fully saturated rings. The summed E-state index contributed by atoms with van der Waals surface area (Å²) < 4.78 is 41.7. The van der Waals surface area contributed by atoms with Crippen molar-refractivity contribution in [2.45, 2.75) is 20.3 Å². The van der Waals surface area contributed by atoms with Crippen LogP contribution < -0.4 is 19.5 Å². The third-order valence-corrected chi connectivity index (χ3v) is 4.09. The molecule has 10 heteroatoms. The third-order valence-electron chi connectivity index (χ3n) is 3.78. The van der Waals surface area contributed by atoms with E-state index in [4.69, 9.17) is 21.1 Å². The van der Waals surface area contributed by atoms with Crippen molar-refractivity contribution in [3.63, 3.8) is 0 Å². The van der Waals surface area contributed by atoms with Crippen molar-refractivity contribution in [3.05, 3.63) is 65.4 Å². The van der Waals surface area contributed by atoms with Crippen LogP contribution in [-0.4, -0.2) is 28.9 Å². The van der Waals surface area contributed by atoms with Crippen molar-refractivity contribution in [2.75, 3.05) is 11.9 Å². The molecule has 0 unspecified atom stereocenters. The first kappa shape index (κ1) is 21.4. The first-order valence-corrected chi connectivity index (χ1v) is 9.28. The van der Waals surface area contributed by atoms with E-state index < -0.39 is 12.5 Å². The van der Waals surface area contributed by atoms with E-state index in [-0.39, 0.29) is 30.5 Å². The van der Waals surface area contributed by atoms with Gasteiger partial charge < -0.3 is 19.5 Å². The number of nitrogens with one attached hydrogen (secondary N) is 1. The minimum absolute atomic E-state index is 0.0607. The molecule has 1 heterocycles. The van der Waals surface area contributed by atoms with Crippen molar-refractivity contribution < 1.29 is 27.8 Å². The molecular formula is C20H18ClF2N3O4. The van der Waals surface area contributed by atoms with Gasteiger partial charge in [-0.05, 0) is 37.3 Å². The van der Waals surface area contributed by atoms with Crippen LogP contribution in [0.1, 0.15) is 17.4 Å². The van der Waals surface area contributed by atoms with Crippen LogP contribution in [0.3, 0.4) is 0 Å². The molecule has 30 heavy (non-hydrogen) atoms. The summed E-state index contributed by atoms with van der Waals surface area (Å²) in [4.78, 5) is 12.4. The number of nitrogens with zero attached hydrogens (tertiary/aromatic N) is 2. The van der Waals surface area contributed by atoms with E-state index in [1.807, 2.05) is 0 Å². The van der Waals surface area contributed by atoms with E-state index in [0.29, 0.717) is 16.5 Å². The zero-order valence-electron chi connectivity index (χ0n) is 15.8. The Labute approximate surface area is 176 Å².